The van der Waals surface area contributed by atoms with Crippen molar-refractivity contribution < 1.29 is 9.59 Å². The number of aromatic nitrogens is 2. The van der Waals surface area contributed by atoms with Crippen LogP contribution in [0.15, 0.2) is 35.8 Å². The van der Waals surface area contributed by atoms with Crippen LogP contribution in [0.25, 0.3) is 5.69 Å². The lowest BCUT2D eigenvalue weighted by atomic mass is 10.1. The number of nitrogens with zero attached hydrogens (tertiary/aromatic N) is 2. The number of carbonyl (C=O) groups excluding carboxylic acids is 2. The second-order valence-corrected chi connectivity index (χ2v) is 6.85. The molecule has 6 heteroatoms. The maximum absolute atomic E-state index is 12.6. The van der Waals surface area contributed by atoms with E-state index in [4.69, 9.17) is 0 Å². The summed E-state index contributed by atoms with van der Waals surface area (Å²) in [4.78, 5) is 28.8. The minimum absolute atomic E-state index is 0.410. The summed E-state index contributed by atoms with van der Waals surface area (Å²) in [5.41, 5.74) is 5.43. The van der Waals surface area contributed by atoms with E-state index < -0.39 is 11.7 Å². The Labute approximate surface area is 150 Å². The van der Waals surface area contributed by atoms with Crippen molar-refractivity contribution in [1.29, 1.82) is 0 Å². The highest BCUT2D eigenvalue weighted by atomic mass is 32.1. The molecule has 3 rings (SSSR count). The Kier molecular flexibility index (Phi) is 4.55. The minimum Gasteiger partial charge on any atom is -0.317 e. The zero-order valence-electron chi connectivity index (χ0n) is 14.6. The first-order valence-electron chi connectivity index (χ1n) is 7.91. The highest BCUT2D eigenvalue weighted by molar-refractivity contribution is 7.13. The van der Waals surface area contributed by atoms with Crippen LogP contribution in [0.4, 0.5) is 5.13 Å². The largest absolute Gasteiger partial charge is 0.317 e. The third-order valence-corrected chi connectivity index (χ3v) is 5.04. The fourth-order valence-corrected chi connectivity index (χ4v) is 3.43. The van der Waals surface area contributed by atoms with Crippen LogP contribution in [0.1, 0.15) is 32.9 Å². The van der Waals surface area contributed by atoms with Gasteiger partial charge in [-0.2, -0.15) is 0 Å². The van der Waals surface area contributed by atoms with Crippen LogP contribution in [0.2, 0.25) is 0 Å². The number of amides is 1. The van der Waals surface area contributed by atoms with Gasteiger partial charge in [0.05, 0.1) is 0 Å². The minimum atomic E-state index is -0.670. The molecule has 25 heavy (non-hydrogen) atoms. The van der Waals surface area contributed by atoms with Gasteiger partial charge >= 0.3 is 0 Å². The highest BCUT2D eigenvalue weighted by Crippen LogP contribution is 2.25. The molecule has 0 aliphatic carbocycles. The number of thiazole rings is 1. The van der Waals surface area contributed by atoms with E-state index >= 15 is 0 Å². The summed E-state index contributed by atoms with van der Waals surface area (Å²) in [5, 5.41) is 4.71. The van der Waals surface area contributed by atoms with Crippen molar-refractivity contribution in [2.75, 3.05) is 5.32 Å². The van der Waals surface area contributed by atoms with E-state index in [2.05, 4.69) is 30.2 Å². The molecule has 0 spiro atoms. The molecule has 5 nitrogen and oxygen atoms in total. The van der Waals surface area contributed by atoms with Gasteiger partial charge in [-0.15, -0.1) is 11.3 Å². The van der Waals surface area contributed by atoms with Crippen LogP contribution < -0.4 is 5.32 Å². The summed E-state index contributed by atoms with van der Waals surface area (Å²) < 4.78 is 2.02. The molecule has 0 unspecified atom stereocenters. The van der Waals surface area contributed by atoms with Gasteiger partial charge in [0.15, 0.2) is 5.13 Å². The first kappa shape index (κ1) is 17.1. The Balaban J connectivity index is 1.98. The SMILES string of the molecule is Cc1cccc(-n2c(C)cc(C(=O)C(=O)Nc3nccs3)c2C)c1C. The van der Waals surface area contributed by atoms with E-state index in [-0.39, 0.29) is 0 Å². The summed E-state index contributed by atoms with van der Waals surface area (Å²) in [6, 6.07) is 7.83. The standard InChI is InChI=1S/C19H19N3O2S/c1-11-6-5-7-16(13(11)3)22-12(2)10-15(14(22)4)17(23)18(24)21-19-20-8-9-25-19/h5-10H,1-4H3,(H,20,21,24). The van der Waals surface area contributed by atoms with Gasteiger partial charge < -0.3 is 4.57 Å². The summed E-state index contributed by atoms with van der Waals surface area (Å²) in [6.07, 6.45) is 1.58. The quantitative estimate of drug-likeness (QED) is 0.570. The Morgan fingerprint density at radius 1 is 1.16 bits per heavy atom. The van der Waals surface area contributed by atoms with E-state index in [0.717, 1.165) is 22.6 Å². The summed E-state index contributed by atoms with van der Waals surface area (Å²) in [5.74, 6) is -1.23. The number of aryl methyl sites for hydroxylation is 2. The molecule has 0 aliphatic rings. The summed E-state index contributed by atoms with van der Waals surface area (Å²) >= 11 is 1.28. The Bertz CT molecular complexity index is 955. The molecule has 0 atom stereocenters. The number of carbonyl (C=O) groups is 2. The number of ketones is 1. The average molecular weight is 353 g/mol. The Morgan fingerprint density at radius 3 is 2.60 bits per heavy atom. The second-order valence-electron chi connectivity index (χ2n) is 5.96. The van der Waals surface area contributed by atoms with Crippen LogP contribution in [0.3, 0.4) is 0 Å². The van der Waals surface area contributed by atoms with Crippen LogP contribution in [-0.2, 0) is 4.79 Å². The van der Waals surface area contributed by atoms with E-state index in [0.29, 0.717) is 10.7 Å². The molecular formula is C19H19N3O2S. The van der Waals surface area contributed by atoms with Gasteiger partial charge in [0, 0.05) is 34.2 Å². The topological polar surface area (TPSA) is 64.0 Å². The second kappa shape index (κ2) is 6.64. The molecule has 1 amide bonds. The number of hydrogen-bond donors (Lipinski definition) is 1. The lowest BCUT2D eigenvalue weighted by Crippen LogP contribution is -2.23. The Hall–Kier alpha value is -2.73. The van der Waals surface area contributed by atoms with Crippen LogP contribution >= 0.6 is 11.3 Å². The Morgan fingerprint density at radius 2 is 1.92 bits per heavy atom. The lowest BCUT2D eigenvalue weighted by molar-refractivity contribution is -0.112. The number of benzene rings is 1. The van der Waals surface area contributed by atoms with Crippen molar-refractivity contribution in [2.45, 2.75) is 27.7 Å². The molecular weight excluding hydrogens is 334 g/mol. The fraction of sp³-hybridized carbons (Fsp3) is 0.211. The van der Waals surface area contributed by atoms with E-state index in [1.54, 1.807) is 17.6 Å². The zero-order chi connectivity index (χ0) is 18.1. The smallest absolute Gasteiger partial charge is 0.298 e. The third kappa shape index (κ3) is 3.13. The normalized spacial score (nSPS) is 10.7. The van der Waals surface area contributed by atoms with Crippen molar-refractivity contribution in [3.05, 3.63) is 63.9 Å². The summed E-state index contributed by atoms with van der Waals surface area (Å²) in [6.45, 7) is 7.91. The van der Waals surface area contributed by atoms with Crippen molar-refractivity contribution in [3.63, 3.8) is 0 Å². The monoisotopic (exact) mass is 353 g/mol. The number of nitrogens with one attached hydrogen (secondary N) is 1. The van der Waals surface area contributed by atoms with E-state index in [1.165, 1.54) is 16.9 Å². The molecule has 0 bridgehead atoms. The van der Waals surface area contributed by atoms with E-state index in [1.807, 2.05) is 30.5 Å². The van der Waals surface area contributed by atoms with Crippen LogP contribution in [0.5, 0.6) is 0 Å². The van der Waals surface area contributed by atoms with Crippen molar-refractivity contribution >= 4 is 28.2 Å². The number of rotatable bonds is 4. The maximum Gasteiger partial charge on any atom is 0.298 e. The maximum atomic E-state index is 12.6. The predicted octanol–water partition coefficient (Wildman–Crippen LogP) is 3.99. The zero-order valence-corrected chi connectivity index (χ0v) is 15.4. The highest BCUT2D eigenvalue weighted by Gasteiger charge is 2.23. The van der Waals surface area contributed by atoms with Gasteiger partial charge in [-0.1, -0.05) is 12.1 Å². The van der Waals surface area contributed by atoms with Gasteiger partial charge in [0.2, 0.25) is 0 Å². The third-order valence-electron chi connectivity index (χ3n) is 4.35. The number of Topliss-reactive ketones (excluding diaryl/α,β-unsaturated/α-hetero) is 1. The first-order chi connectivity index (χ1) is 11.9. The average Bonchev–Trinajstić information content (AvgIpc) is 3.18. The predicted molar refractivity (Wildman–Crippen MR) is 99.8 cm³/mol. The molecule has 1 N–H and O–H groups in total. The number of hydrogen-bond acceptors (Lipinski definition) is 4. The molecule has 1 aromatic carbocycles. The molecule has 2 heterocycles. The van der Waals surface area contributed by atoms with Gasteiger partial charge in [-0.05, 0) is 51.0 Å². The molecule has 0 fully saturated rings. The van der Waals surface area contributed by atoms with Crippen molar-refractivity contribution in [3.8, 4) is 5.69 Å². The summed E-state index contributed by atoms with van der Waals surface area (Å²) in [7, 11) is 0. The van der Waals surface area contributed by atoms with Crippen molar-refractivity contribution in [2.24, 2.45) is 0 Å². The van der Waals surface area contributed by atoms with Crippen LogP contribution in [-0.4, -0.2) is 21.2 Å². The fourth-order valence-electron chi connectivity index (χ4n) is 2.90. The number of anilines is 1. The molecule has 0 saturated heterocycles. The van der Waals surface area contributed by atoms with Crippen LogP contribution in [0, 0.1) is 27.7 Å². The van der Waals surface area contributed by atoms with Gasteiger partial charge in [-0.3, -0.25) is 14.9 Å². The van der Waals surface area contributed by atoms with E-state index in [9.17, 15) is 9.59 Å². The van der Waals surface area contributed by atoms with Gasteiger partial charge in [0.25, 0.3) is 11.7 Å². The lowest BCUT2D eigenvalue weighted by Gasteiger charge is -2.14. The molecule has 0 saturated carbocycles. The van der Waals surface area contributed by atoms with Gasteiger partial charge in [0.1, 0.15) is 0 Å². The first-order valence-corrected chi connectivity index (χ1v) is 8.79. The molecule has 128 valence electrons. The molecule has 2 aromatic heterocycles. The van der Waals surface area contributed by atoms with Crippen molar-refractivity contribution in [1.82, 2.24) is 9.55 Å². The molecule has 0 radical (unpaired) electrons. The molecule has 0 aliphatic heterocycles. The molecule has 3 aromatic rings. The van der Waals surface area contributed by atoms with Gasteiger partial charge in [-0.25, -0.2) is 4.98 Å².